The maximum Gasteiger partial charge on any atom is 0.129 e. The van der Waals surface area contributed by atoms with Crippen molar-refractivity contribution in [1.29, 1.82) is 0 Å². The minimum absolute atomic E-state index is 0.842. The highest BCUT2D eigenvalue weighted by Gasteiger charge is 2.08. The summed E-state index contributed by atoms with van der Waals surface area (Å²) in [5, 5.41) is 0.981. The van der Waals surface area contributed by atoms with Crippen LogP contribution in [0, 0.1) is 0 Å². The SMILES string of the molecule is CN=C(SC)c1ccc(Br)cc1OC. The molecular weight excluding hydrogens is 262 g/mol. The van der Waals surface area contributed by atoms with Crippen molar-refractivity contribution in [2.24, 2.45) is 4.99 Å². The van der Waals surface area contributed by atoms with Gasteiger partial charge in [0, 0.05) is 17.1 Å². The van der Waals surface area contributed by atoms with E-state index in [2.05, 4.69) is 20.9 Å². The van der Waals surface area contributed by atoms with Crippen molar-refractivity contribution in [3.63, 3.8) is 0 Å². The lowest BCUT2D eigenvalue weighted by Gasteiger charge is -2.09. The lowest BCUT2D eigenvalue weighted by atomic mass is 10.2. The highest BCUT2D eigenvalue weighted by atomic mass is 79.9. The second-order valence-electron chi connectivity index (χ2n) is 2.58. The predicted octanol–water partition coefficient (Wildman–Crippen LogP) is 3.20. The first-order chi connectivity index (χ1) is 6.72. The maximum atomic E-state index is 5.29. The summed E-state index contributed by atoms with van der Waals surface area (Å²) >= 11 is 5.02. The van der Waals surface area contributed by atoms with Crippen molar-refractivity contribution in [3.8, 4) is 5.75 Å². The molecule has 2 nitrogen and oxygen atoms in total. The largest absolute Gasteiger partial charge is 0.496 e. The van der Waals surface area contributed by atoms with Crippen LogP contribution in [0.1, 0.15) is 5.56 Å². The Labute approximate surface area is 96.9 Å². The van der Waals surface area contributed by atoms with Gasteiger partial charge in [0.2, 0.25) is 0 Å². The van der Waals surface area contributed by atoms with Gasteiger partial charge in [0.15, 0.2) is 0 Å². The Hall–Kier alpha value is -0.480. The summed E-state index contributed by atoms with van der Waals surface area (Å²) in [5.74, 6) is 0.842. The molecule has 0 heterocycles. The van der Waals surface area contributed by atoms with Gasteiger partial charge < -0.3 is 4.74 Å². The molecule has 0 aliphatic carbocycles. The molecule has 0 amide bonds. The molecule has 0 saturated heterocycles. The van der Waals surface area contributed by atoms with E-state index in [4.69, 9.17) is 4.74 Å². The number of aliphatic imine (C=N–C) groups is 1. The zero-order valence-electron chi connectivity index (χ0n) is 8.37. The molecule has 0 fully saturated rings. The van der Waals surface area contributed by atoms with Crippen molar-refractivity contribution in [3.05, 3.63) is 28.2 Å². The van der Waals surface area contributed by atoms with E-state index in [1.807, 2.05) is 24.5 Å². The second kappa shape index (κ2) is 5.41. The third-order valence-corrected chi connectivity index (χ3v) is 3.07. The number of halogens is 1. The van der Waals surface area contributed by atoms with E-state index in [9.17, 15) is 0 Å². The van der Waals surface area contributed by atoms with Crippen LogP contribution in [0.3, 0.4) is 0 Å². The molecule has 0 N–H and O–H groups in total. The van der Waals surface area contributed by atoms with Crippen LogP contribution in [0.25, 0.3) is 0 Å². The van der Waals surface area contributed by atoms with Gasteiger partial charge in [0.1, 0.15) is 10.8 Å². The Morgan fingerprint density at radius 3 is 2.71 bits per heavy atom. The standard InChI is InChI=1S/C10H12BrNOS/c1-12-10(14-3)8-5-4-7(11)6-9(8)13-2/h4-6H,1-3H3. The molecule has 0 atom stereocenters. The molecule has 76 valence electrons. The third-order valence-electron chi connectivity index (χ3n) is 1.79. The van der Waals surface area contributed by atoms with E-state index in [-0.39, 0.29) is 0 Å². The first kappa shape index (κ1) is 11.6. The van der Waals surface area contributed by atoms with Gasteiger partial charge in [-0.3, -0.25) is 4.99 Å². The van der Waals surface area contributed by atoms with Gasteiger partial charge in [-0.1, -0.05) is 15.9 Å². The van der Waals surface area contributed by atoms with Crippen LogP contribution in [0.4, 0.5) is 0 Å². The number of hydrogen-bond acceptors (Lipinski definition) is 3. The summed E-state index contributed by atoms with van der Waals surface area (Å²) in [6.07, 6.45) is 2.00. The topological polar surface area (TPSA) is 21.6 Å². The number of rotatable bonds is 2. The van der Waals surface area contributed by atoms with Gasteiger partial charge in [0.05, 0.1) is 7.11 Å². The fourth-order valence-corrected chi connectivity index (χ4v) is 2.07. The van der Waals surface area contributed by atoms with Gasteiger partial charge in [-0.15, -0.1) is 11.8 Å². The van der Waals surface area contributed by atoms with Crippen molar-refractivity contribution in [2.45, 2.75) is 0 Å². The Kier molecular flexibility index (Phi) is 4.48. The molecule has 0 radical (unpaired) electrons. The van der Waals surface area contributed by atoms with Gasteiger partial charge >= 0.3 is 0 Å². The maximum absolute atomic E-state index is 5.29. The molecule has 0 spiro atoms. The number of hydrogen-bond donors (Lipinski definition) is 0. The Bertz CT molecular complexity index is 352. The van der Waals surface area contributed by atoms with Crippen LogP contribution in [0.5, 0.6) is 5.75 Å². The molecule has 14 heavy (non-hydrogen) atoms. The first-order valence-electron chi connectivity index (χ1n) is 4.07. The monoisotopic (exact) mass is 273 g/mol. The smallest absolute Gasteiger partial charge is 0.129 e. The van der Waals surface area contributed by atoms with Gasteiger partial charge in [-0.05, 0) is 24.5 Å². The Morgan fingerprint density at radius 1 is 1.50 bits per heavy atom. The lowest BCUT2D eigenvalue weighted by Crippen LogP contribution is -1.98. The zero-order chi connectivity index (χ0) is 10.6. The minimum atomic E-state index is 0.842. The Morgan fingerprint density at radius 2 is 2.21 bits per heavy atom. The third kappa shape index (κ3) is 2.51. The molecule has 1 rings (SSSR count). The zero-order valence-corrected chi connectivity index (χ0v) is 10.8. The molecular formula is C10H12BrNOS. The quantitative estimate of drug-likeness (QED) is 0.610. The fraction of sp³-hybridized carbons (Fsp3) is 0.300. The average Bonchev–Trinajstić information content (AvgIpc) is 2.21. The van der Waals surface area contributed by atoms with Crippen LogP contribution in [-0.2, 0) is 0 Å². The fourth-order valence-electron chi connectivity index (χ4n) is 1.16. The number of thioether (sulfide) groups is 1. The molecule has 1 aromatic carbocycles. The normalized spacial score (nSPS) is 11.6. The highest BCUT2D eigenvalue weighted by molar-refractivity contribution is 9.10. The summed E-state index contributed by atoms with van der Waals surface area (Å²) in [7, 11) is 3.45. The van der Waals surface area contributed by atoms with Crippen LogP contribution in [0.15, 0.2) is 27.7 Å². The molecule has 4 heteroatoms. The molecule has 0 aliphatic heterocycles. The van der Waals surface area contributed by atoms with Crippen LogP contribution >= 0.6 is 27.7 Å². The second-order valence-corrected chi connectivity index (χ2v) is 4.29. The van der Waals surface area contributed by atoms with Crippen molar-refractivity contribution in [1.82, 2.24) is 0 Å². The van der Waals surface area contributed by atoms with E-state index < -0.39 is 0 Å². The number of ether oxygens (including phenoxy) is 1. The molecule has 1 aromatic rings. The van der Waals surface area contributed by atoms with Gasteiger partial charge in [0.25, 0.3) is 0 Å². The average molecular weight is 274 g/mol. The molecule has 0 saturated carbocycles. The first-order valence-corrected chi connectivity index (χ1v) is 6.09. The lowest BCUT2D eigenvalue weighted by molar-refractivity contribution is 0.414. The number of benzene rings is 1. The molecule has 0 aromatic heterocycles. The summed E-state index contributed by atoms with van der Waals surface area (Å²) in [6, 6.07) is 5.93. The van der Waals surface area contributed by atoms with E-state index >= 15 is 0 Å². The minimum Gasteiger partial charge on any atom is -0.496 e. The van der Waals surface area contributed by atoms with E-state index in [1.54, 1.807) is 25.9 Å². The van der Waals surface area contributed by atoms with Crippen molar-refractivity contribution < 1.29 is 4.74 Å². The molecule has 0 unspecified atom stereocenters. The highest BCUT2D eigenvalue weighted by Crippen LogP contribution is 2.26. The molecule has 0 aliphatic rings. The molecule has 0 bridgehead atoms. The summed E-state index contributed by atoms with van der Waals surface area (Å²) < 4.78 is 6.30. The van der Waals surface area contributed by atoms with E-state index in [0.29, 0.717) is 0 Å². The number of methoxy groups -OCH3 is 1. The predicted molar refractivity (Wildman–Crippen MR) is 66.7 cm³/mol. The van der Waals surface area contributed by atoms with Gasteiger partial charge in [-0.25, -0.2) is 0 Å². The van der Waals surface area contributed by atoms with Gasteiger partial charge in [-0.2, -0.15) is 0 Å². The van der Waals surface area contributed by atoms with E-state index in [1.165, 1.54) is 0 Å². The van der Waals surface area contributed by atoms with Crippen LogP contribution < -0.4 is 4.74 Å². The summed E-state index contributed by atoms with van der Waals surface area (Å²) in [4.78, 5) is 4.20. The van der Waals surface area contributed by atoms with Crippen LogP contribution in [-0.4, -0.2) is 25.5 Å². The number of nitrogens with zero attached hydrogens (tertiary/aromatic N) is 1. The van der Waals surface area contributed by atoms with Crippen molar-refractivity contribution >= 4 is 32.7 Å². The summed E-state index contributed by atoms with van der Waals surface area (Å²) in [6.45, 7) is 0. The van der Waals surface area contributed by atoms with Crippen molar-refractivity contribution in [2.75, 3.05) is 20.4 Å². The van der Waals surface area contributed by atoms with Crippen LogP contribution in [0.2, 0.25) is 0 Å². The Balaban J connectivity index is 3.20. The summed E-state index contributed by atoms with van der Waals surface area (Å²) in [5.41, 5.74) is 1.03. The van der Waals surface area contributed by atoms with E-state index in [0.717, 1.165) is 20.8 Å².